The predicted octanol–water partition coefficient (Wildman–Crippen LogP) is 2.39. The second-order valence-electron chi connectivity index (χ2n) is 5.03. The highest BCUT2D eigenvalue weighted by Crippen LogP contribution is 2.21. The molecule has 18 heavy (non-hydrogen) atoms. The minimum absolute atomic E-state index is 0.0912. The van der Waals surface area contributed by atoms with Crippen molar-refractivity contribution in [3.8, 4) is 0 Å². The van der Waals surface area contributed by atoms with E-state index in [2.05, 4.69) is 11.4 Å². The van der Waals surface area contributed by atoms with Gasteiger partial charge in [-0.15, -0.1) is 0 Å². The normalized spacial score (nSPS) is 17.1. The molecule has 0 aromatic carbocycles. The second-order valence-corrected chi connectivity index (χ2v) is 5.03. The summed E-state index contributed by atoms with van der Waals surface area (Å²) in [5.41, 5.74) is 1.24. The smallest absolute Gasteiger partial charge is 0.130 e. The lowest BCUT2D eigenvalue weighted by Crippen LogP contribution is -2.15. The zero-order valence-electron chi connectivity index (χ0n) is 11.5. The molecule has 1 unspecified atom stereocenters. The van der Waals surface area contributed by atoms with E-state index in [4.69, 9.17) is 13.9 Å². The fourth-order valence-corrected chi connectivity index (χ4v) is 1.88. The molecule has 0 saturated heterocycles. The molecule has 1 aliphatic rings. The zero-order valence-corrected chi connectivity index (χ0v) is 11.5. The third-order valence-electron chi connectivity index (χ3n) is 3.14. The van der Waals surface area contributed by atoms with Crippen molar-refractivity contribution in [2.75, 3.05) is 13.7 Å². The van der Waals surface area contributed by atoms with Gasteiger partial charge >= 0.3 is 0 Å². The first-order valence-corrected chi connectivity index (χ1v) is 6.61. The topological polar surface area (TPSA) is 43.6 Å². The first-order chi connectivity index (χ1) is 8.69. The van der Waals surface area contributed by atoms with Crippen molar-refractivity contribution in [1.82, 2.24) is 5.32 Å². The van der Waals surface area contributed by atoms with E-state index in [9.17, 15) is 0 Å². The molecule has 1 heterocycles. The molecule has 102 valence electrons. The molecule has 0 amide bonds. The molecule has 0 bridgehead atoms. The Morgan fingerprint density at radius 2 is 2.28 bits per heavy atom. The van der Waals surface area contributed by atoms with E-state index in [0.29, 0.717) is 13.2 Å². The quantitative estimate of drug-likeness (QED) is 0.772. The Bertz CT molecular complexity index is 371. The van der Waals surface area contributed by atoms with E-state index >= 15 is 0 Å². The van der Waals surface area contributed by atoms with Crippen LogP contribution in [0.25, 0.3) is 0 Å². The number of hydrogen-bond donors (Lipinski definition) is 1. The highest BCUT2D eigenvalue weighted by molar-refractivity contribution is 5.20. The third-order valence-corrected chi connectivity index (χ3v) is 3.14. The van der Waals surface area contributed by atoms with Crippen molar-refractivity contribution in [3.63, 3.8) is 0 Å². The maximum atomic E-state index is 5.69. The highest BCUT2D eigenvalue weighted by atomic mass is 16.5. The first-order valence-electron chi connectivity index (χ1n) is 6.61. The molecule has 0 aliphatic heterocycles. The lowest BCUT2D eigenvalue weighted by Gasteiger charge is -2.09. The Labute approximate surface area is 109 Å². The maximum Gasteiger partial charge on any atom is 0.130 e. The lowest BCUT2D eigenvalue weighted by molar-refractivity contribution is -0.00654. The number of nitrogens with one attached hydrogen (secondary N) is 1. The van der Waals surface area contributed by atoms with E-state index in [1.165, 1.54) is 18.4 Å². The number of ether oxygens (including phenoxy) is 2. The summed E-state index contributed by atoms with van der Waals surface area (Å²) in [5.74, 6) is 1.88. The van der Waals surface area contributed by atoms with Crippen molar-refractivity contribution >= 4 is 0 Å². The van der Waals surface area contributed by atoms with Crippen LogP contribution < -0.4 is 5.32 Å². The largest absolute Gasteiger partial charge is 0.464 e. The molecule has 0 radical (unpaired) electrons. The minimum Gasteiger partial charge on any atom is -0.464 e. The third kappa shape index (κ3) is 4.12. The number of aryl methyl sites for hydroxylation is 1. The minimum atomic E-state index is 0.0912. The summed E-state index contributed by atoms with van der Waals surface area (Å²) in [6.07, 6.45) is 2.71. The molecule has 4 nitrogen and oxygen atoms in total. The average Bonchev–Trinajstić information content (AvgIpc) is 3.09. The van der Waals surface area contributed by atoms with Crippen LogP contribution in [-0.2, 0) is 22.6 Å². The number of hydrogen-bond acceptors (Lipinski definition) is 4. The molecule has 1 atom stereocenters. The van der Waals surface area contributed by atoms with Crippen LogP contribution >= 0.6 is 0 Å². The Kier molecular flexibility index (Phi) is 4.80. The summed E-state index contributed by atoms with van der Waals surface area (Å²) in [6.45, 7) is 6.01. The Hall–Kier alpha value is -0.840. The summed E-state index contributed by atoms with van der Waals surface area (Å²) in [4.78, 5) is 0. The fourth-order valence-electron chi connectivity index (χ4n) is 1.88. The van der Waals surface area contributed by atoms with Crippen LogP contribution in [0, 0.1) is 6.92 Å². The van der Waals surface area contributed by atoms with Gasteiger partial charge in [0.25, 0.3) is 0 Å². The van der Waals surface area contributed by atoms with Crippen molar-refractivity contribution in [2.24, 2.45) is 0 Å². The SMILES string of the molecule is COCC(C)OCc1cc(CNC2CC2)c(C)o1. The van der Waals surface area contributed by atoms with Crippen LogP contribution in [0.15, 0.2) is 10.5 Å². The van der Waals surface area contributed by atoms with Crippen LogP contribution in [0.1, 0.15) is 36.8 Å². The second kappa shape index (κ2) is 6.36. The molecule has 0 spiro atoms. The van der Waals surface area contributed by atoms with Crippen molar-refractivity contribution < 1.29 is 13.9 Å². The monoisotopic (exact) mass is 253 g/mol. The molecule has 1 aromatic rings. The fraction of sp³-hybridized carbons (Fsp3) is 0.714. The number of furan rings is 1. The molecule has 1 fully saturated rings. The number of methoxy groups -OCH3 is 1. The van der Waals surface area contributed by atoms with Gasteiger partial charge in [-0.2, -0.15) is 0 Å². The van der Waals surface area contributed by atoms with E-state index in [1.807, 2.05) is 13.8 Å². The van der Waals surface area contributed by atoms with Gasteiger partial charge in [0.1, 0.15) is 18.1 Å². The Morgan fingerprint density at radius 1 is 1.50 bits per heavy atom. The maximum absolute atomic E-state index is 5.69. The van der Waals surface area contributed by atoms with Crippen molar-refractivity contribution in [3.05, 3.63) is 23.2 Å². The first kappa shape index (κ1) is 13.6. The highest BCUT2D eigenvalue weighted by Gasteiger charge is 2.21. The summed E-state index contributed by atoms with van der Waals surface area (Å²) in [5, 5.41) is 3.49. The molecule has 1 aromatic heterocycles. The van der Waals surface area contributed by atoms with Gasteiger partial charge in [0, 0.05) is 25.3 Å². The average molecular weight is 253 g/mol. The predicted molar refractivity (Wildman–Crippen MR) is 69.4 cm³/mol. The zero-order chi connectivity index (χ0) is 13.0. The summed E-state index contributed by atoms with van der Waals surface area (Å²) >= 11 is 0. The molecule has 4 heteroatoms. The van der Waals surface area contributed by atoms with Crippen LogP contribution in [0.5, 0.6) is 0 Å². The van der Waals surface area contributed by atoms with E-state index in [1.54, 1.807) is 7.11 Å². The van der Waals surface area contributed by atoms with Crippen LogP contribution in [0.2, 0.25) is 0 Å². The van der Waals surface area contributed by atoms with E-state index < -0.39 is 0 Å². The van der Waals surface area contributed by atoms with Gasteiger partial charge in [-0.1, -0.05) is 0 Å². The standard InChI is InChI=1S/C14H23NO3/c1-10(8-16-3)17-9-14-6-12(11(2)18-14)7-15-13-4-5-13/h6,10,13,15H,4-5,7-9H2,1-3H3. The van der Waals surface area contributed by atoms with Gasteiger partial charge in [0.15, 0.2) is 0 Å². The van der Waals surface area contributed by atoms with Crippen molar-refractivity contribution in [1.29, 1.82) is 0 Å². The van der Waals surface area contributed by atoms with Crippen LogP contribution in [0.3, 0.4) is 0 Å². The number of rotatable bonds is 8. The van der Waals surface area contributed by atoms with Gasteiger partial charge in [-0.3, -0.25) is 0 Å². The van der Waals surface area contributed by atoms with Crippen LogP contribution in [0.4, 0.5) is 0 Å². The summed E-state index contributed by atoms with van der Waals surface area (Å²) in [6, 6.07) is 2.81. The van der Waals surface area contributed by atoms with Crippen LogP contribution in [-0.4, -0.2) is 25.9 Å². The molecule has 1 N–H and O–H groups in total. The van der Waals surface area contributed by atoms with Crippen molar-refractivity contribution in [2.45, 2.75) is 52.0 Å². The Balaban J connectivity index is 1.79. The molecule has 1 aliphatic carbocycles. The van der Waals surface area contributed by atoms with Gasteiger partial charge < -0.3 is 19.2 Å². The van der Waals surface area contributed by atoms with Gasteiger partial charge in [0.2, 0.25) is 0 Å². The van der Waals surface area contributed by atoms with Gasteiger partial charge in [-0.25, -0.2) is 0 Å². The molecular formula is C14H23NO3. The molecule has 1 saturated carbocycles. The van der Waals surface area contributed by atoms with Gasteiger partial charge in [0.05, 0.1) is 12.7 Å². The summed E-state index contributed by atoms with van der Waals surface area (Å²) in [7, 11) is 1.68. The van der Waals surface area contributed by atoms with E-state index in [0.717, 1.165) is 24.1 Å². The summed E-state index contributed by atoms with van der Waals surface area (Å²) < 4.78 is 16.4. The molecular weight excluding hydrogens is 230 g/mol. The molecule has 2 rings (SSSR count). The lowest BCUT2D eigenvalue weighted by atomic mass is 10.2. The Morgan fingerprint density at radius 3 is 2.94 bits per heavy atom. The van der Waals surface area contributed by atoms with Gasteiger partial charge in [-0.05, 0) is 32.8 Å². The van der Waals surface area contributed by atoms with E-state index in [-0.39, 0.29) is 6.10 Å².